The highest BCUT2D eigenvalue weighted by atomic mass is 14.0. The largest absolute Gasteiger partial charge is 0.132 e. The van der Waals surface area contributed by atoms with Crippen LogP contribution in [0, 0.1) is 18.3 Å². The number of rotatable bonds is 4. The maximum atomic E-state index is 5.12. The van der Waals surface area contributed by atoms with Crippen molar-refractivity contribution in [3.05, 3.63) is 36.8 Å². The second-order valence-corrected chi connectivity index (χ2v) is 2.15. The lowest BCUT2D eigenvalue weighted by atomic mass is 10.0. The van der Waals surface area contributed by atoms with Gasteiger partial charge in [0, 0.05) is 12.3 Å². The molecule has 0 bridgehead atoms. The Morgan fingerprint density at radius 1 is 1.27 bits per heavy atom. The van der Waals surface area contributed by atoms with E-state index in [1.165, 1.54) is 0 Å². The summed E-state index contributed by atoms with van der Waals surface area (Å²) >= 11 is 0. The lowest BCUT2D eigenvalue weighted by Crippen LogP contribution is -1.88. The van der Waals surface area contributed by atoms with Crippen molar-refractivity contribution in [3.8, 4) is 12.3 Å². The van der Waals surface area contributed by atoms with Crippen LogP contribution in [-0.2, 0) is 0 Å². The van der Waals surface area contributed by atoms with Gasteiger partial charge in [-0.1, -0.05) is 13.2 Å². The van der Waals surface area contributed by atoms with E-state index in [-0.39, 0.29) is 0 Å². The Morgan fingerprint density at radius 3 is 2.18 bits per heavy atom. The summed E-state index contributed by atoms with van der Waals surface area (Å²) < 4.78 is 0. The predicted octanol–water partition coefficient (Wildman–Crippen LogP) is 2.70. The van der Waals surface area contributed by atoms with Crippen LogP contribution < -0.4 is 0 Å². The highest BCUT2D eigenvalue weighted by Crippen LogP contribution is 2.07. The summed E-state index contributed by atoms with van der Waals surface area (Å²) in [6.07, 6.45) is 10.5. The molecule has 0 amide bonds. The minimum atomic E-state index is 0.293. The van der Waals surface area contributed by atoms with Gasteiger partial charge in [-0.15, -0.1) is 23.8 Å². The Morgan fingerprint density at radius 2 is 1.82 bits per heavy atom. The molecule has 0 unspecified atom stereocenters. The summed E-state index contributed by atoms with van der Waals surface area (Å²) in [5, 5.41) is 0. The van der Waals surface area contributed by atoms with Crippen LogP contribution in [0.15, 0.2) is 36.8 Å². The van der Waals surface area contributed by atoms with Gasteiger partial charge in [-0.05, 0) is 18.6 Å². The van der Waals surface area contributed by atoms with Crippen molar-refractivity contribution in [1.82, 2.24) is 0 Å². The molecule has 0 saturated heterocycles. The van der Waals surface area contributed by atoms with Crippen LogP contribution in [-0.4, -0.2) is 0 Å². The minimum absolute atomic E-state index is 0.293. The van der Waals surface area contributed by atoms with E-state index < -0.39 is 0 Å². The molecule has 11 heavy (non-hydrogen) atoms. The molecule has 0 nitrogen and oxygen atoms in total. The smallest absolute Gasteiger partial charge is 0.0107 e. The van der Waals surface area contributed by atoms with E-state index in [0.717, 1.165) is 12.8 Å². The molecular formula is C11H12. The molecule has 0 atom stereocenters. The van der Waals surface area contributed by atoms with E-state index in [9.17, 15) is 0 Å². The molecule has 0 heteroatoms. The lowest BCUT2D eigenvalue weighted by Gasteiger charge is -1.99. The lowest BCUT2D eigenvalue weighted by molar-refractivity contribution is 0.733. The number of terminal acetylenes is 1. The number of hydrogen-bond acceptors (Lipinski definition) is 0. The summed E-state index contributed by atoms with van der Waals surface area (Å²) in [6.45, 7) is 6.98. The van der Waals surface area contributed by atoms with Crippen LogP contribution in [0.2, 0.25) is 0 Å². The molecule has 0 fully saturated rings. The van der Waals surface area contributed by atoms with E-state index in [1.54, 1.807) is 0 Å². The zero-order chi connectivity index (χ0) is 8.53. The summed E-state index contributed by atoms with van der Waals surface area (Å²) in [5.74, 6) is 2.87. The Kier molecular flexibility index (Phi) is 5.86. The van der Waals surface area contributed by atoms with Crippen molar-refractivity contribution in [1.29, 1.82) is 0 Å². The van der Waals surface area contributed by atoms with Gasteiger partial charge in [0.1, 0.15) is 0 Å². The van der Waals surface area contributed by atoms with Crippen LogP contribution in [0.1, 0.15) is 12.8 Å². The first kappa shape index (κ1) is 9.60. The zero-order valence-corrected chi connectivity index (χ0v) is 6.64. The normalized spacial score (nSPS) is 10.1. The monoisotopic (exact) mass is 144 g/mol. The van der Waals surface area contributed by atoms with Crippen molar-refractivity contribution in [2.24, 2.45) is 5.92 Å². The van der Waals surface area contributed by atoms with Crippen molar-refractivity contribution >= 4 is 0 Å². The molecule has 0 aliphatic heterocycles. The third-order valence-electron chi connectivity index (χ3n) is 1.29. The molecular weight excluding hydrogens is 132 g/mol. The van der Waals surface area contributed by atoms with Crippen molar-refractivity contribution in [3.63, 3.8) is 0 Å². The van der Waals surface area contributed by atoms with E-state index in [1.807, 2.05) is 12.2 Å². The Bertz CT molecular complexity index is 209. The average molecular weight is 144 g/mol. The first-order chi connectivity index (χ1) is 5.35. The van der Waals surface area contributed by atoms with Crippen LogP contribution in [0.4, 0.5) is 0 Å². The molecule has 0 N–H and O–H groups in total. The highest BCUT2D eigenvalue weighted by Gasteiger charge is 1.96. The maximum absolute atomic E-state index is 5.12. The molecule has 0 aromatic carbocycles. The van der Waals surface area contributed by atoms with Gasteiger partial charge in [-0.25, -0.2) is 0 Å². The molecule has 0 heterocycles. The number of allylic oxidation sites excluding steroid dienone is 2. The topological polar surface area (TPSA) is 0 Å². The van der Waals surface area contributed by atoms with Crippen molar-refractivity contribution < 1.29 is 0 Å². The van der Waals surface area contributed by atoms with Gasteiger partial charge in [0.25, 0.3) is 0 Å². The molecule has 0 aromatic heterocycles. The predicted molar refractivity (Wildman–Crippen MR) is 49.0 cm³/mol. The average Bonchev–Trinajstić information content (AvgIpc) is 2.01. The Hall–Kier alpha value is -1.40. The summed E-state index contributed by atoms with van der Waals surface area (Å²) in [7, 11) is 0. The molecule has 56 valence electrons. The second-order valence-electron chi connectivity index (χ2n) is 2.15. The first-order valence-electron chi connectivity index (χ1n) is 3.50. The van der Waals surface area contributed by atoms with Gasteiger partial charge in [0.15, 0.2) is 0 Å². The van der Waals surface area contributed by atoms with Gasteiger partial charge < -0.3 is 0 Å². The van der Waals surface area contributed by atoms with E-state index in [0.29, 0.717) is 5.92 Å². The zero-order valence-electron chi connectivity index (χ0n) is 6.64. The summed E-state index contributed by atoms with van der Waals surface area (Å²) in [6, 6.07) is 0. The van der Waals surface area contributed by atoms with Crippen LogP contribution in [0.3, 0.4) is 0 Å². The third kappa shape index (κ3) is 5.07. The highest BCUT2D eigenvalue weighted by molar-refractivity contribution is 4.99. The Labute approximate surface area is 68.6 Å². The fourth-order valence-electron chi connectivity index (χ4n) is 0.768. The van der Waals surface area contributed by atoms with E-state index in [2.05, 4.69) is 30.5 Å². The van der Waals surface area contributed by atoms with Gasteiger partial charge in [-0.3, -0.25) is 0 Å². The van der Waals surface area contributed by atoms with Gasteiger partial charge in [0.2, 0.25) is 0 Å². The second kappa shape index (κ2) is 6.72. The van der Waals surface area contributed by atoms with Gasteiger partial charge in [-0.2, -0.15) is 0 Å². The Balaban J connectivity index is 4.01. The van der Waals surface area contributed by atoms with Gasteiger partial charge in [0.05, 0.1) is 0 Å². The third-order valence-corrected chi connectivity index (χ3v) is 1.29. The quantitative estimate of drug-likeness (QED) is 0.420. The minimum Gasteiger partial charge on any atom is -0.132 e. The standard InChI is InChI=1S/C11H12/c1-4-7-10-11(8-5-2)9-6-3/h1,8-9,11H,2-3,7,10H2. The van der Waals surface area contributed by atoms with Crippen LogP contribution >= 0.6 is 0 Å². The molecule has 0 saturated carbocycles. The SMILES string of the molecule is C#CCCC(C=C=C)C=C=C. The fraction of sp³-hybridized carbons (Fsp3) is 0.273. The van der Waals surface area contributed by atoms with Crippen molar-refractivity contribution in [2.45, 2.75) is 12.8 Å². The van der Waals surface area contributed by atoms with Crippen LogP contribution in [0.25, 0.3) is 0 Å². The molecule has 0 rings (SSSR count). The molecule has 0 aliphatic rings. The molecule has 0 spiro atoms. The van der Waals surface area contributed by atoms with Gasteiger partial charge >= 0.3 is 0 Å². The number of hydrogen-bond donors (Lipinski definition) is 0. The van der Waals surface area contributed by atoms with E-state index in [4.69, 9.17) is 6.42 Å². The maximum Gasteiger partial charge on any atom is 0.0107 e. The van der Waals surface area contributed by atoms with Crippen LogP contribution in [0.5, 0.6) is 0 Å². The van der Waals surface area contributed by atoms with E-state index >= 15 is 0 Å². The van der Waals surface area contributed by atoms with Crippen molar-refractivity contribution in [2.75, 3.05) is 0 Å². The molecule has 0 radical (unpaired) electrons. The first-order valence-corrected chi connectivity index (χ1v) is 3.50. The summed E-state index contributed by atoms with van der Waals surface area (Å²) in [4.78, 5) is 0. The molecule has 0 aliphatic carbocycles. The fourth-order valence-corrected chi connectivity index (χ4v) is 0.768. The summed E-state index contributed by atoms with van der Waals surface area (Å²) in [5.41, 5.74) is 5.44. The molecule has 0 aromatic rings.